The van der Waals surface area contributed by atoms with E-state index in [-0.39, 0.29) is 5.91 Å². The molecule has 0 atom stereocenters. The van der Waals surface area contributed by atoms with Gasteiger partial charge in [-0.15, -0.1) is 0 Å². The Bertz CT molecular complexity index is 571. The Balaban J connectivity index is 2.08. The van der Waals surface area contributed by atoms with Crippen molar-refractivity contribution in [3.8, 4) is 0 Å². The van der Waals surface area contributed by atoms with Gasteiger partial charge in [0.15, 0.2) is 0 Å². The van der Waals surface area contributed by atoms with Crippen molar-refractivity contribution >= 4 is 29.3 Å². The van der Waals surface area contributed by atoms with Crippen LogP contribution in [0, 0.1) is 0 Å². The standard InChI is InChI=1S/C13H14N4OS/c1-9(18)16-10-3-5-11(6-4-10)19-12-7-8-15-13(14-2)17-12/h3-8H,1-2H3,(H,16,18)(H,14,15,17). The van der Waals surface area contributed by atoms with Crippen molar-refractivity contribution in [3.05, 3.63) is 36.5 Å². The molecule has 19 heavy (non-hydrogen) atoms. The lowest BCUT2D eigenvalue weighted by Crippen LogP contribution is -2.05. The monoisotopic (exact) mass is 274 g/mol. The highest BCUT2D eigenvalue weighted by Gasteiger charge is 2.01. The number of hydrogen-bond acceptors (Lipinski definition) is 5. The molecule has 2 aromatic rings. The highest BCUT2D eigenvalue weighted by atomic mass is 32.2. The van der Waals surface area contributed by atoms with Gasteiger partial charge in [0, 0.05) is 30.8 Å². The summed E-state index contributed by atoms with van der Waals surface area (Å²) in [4.78, 5) is 20.4. The zero-order chi connectivity index (χ0) is 13.7. The average molecular weight is 274 g/mol. The van der Waals surface area contributed by atoms with Gasteiger partial charge < -0.3 is 10.6 Å². The van der Waals surface area contributed by atoms with Crippen LogP contribution in [0.25, 0.3) is 0 Å². The first-order valence-corrected chi connectivity index (χ1v) is 6.55. The molecule has 0 spiro atoms. The van der Waals surface area contributed by atoms with Crippen LogP contribution in [0.3, 0.4) is 0 Å². The lowest BCUT2D eigenvalue weighted by atomic mass is 10.3. The third-order valence-corrected chi connectivity index (χ3v) is 3.20. The normalized spacial score (nSPS) is 10.0. The van der Waals surface area contributed by atoms with E-state index in [1.165, 1.54) is 6.92 Å². The van der Waals surface area contributed by atoms with Crippen molar-refractivity contribution in [1.29, 1.82) is 0 Å². The second-order valence-corrected chi connectivity index (χ2v) is 4.87. The van der Waals surface area contributed by atoms with E-state index in [2.05, 4.69) is 20.6 Å². The molecule has 2 N–H and O–H groups in total. The number of amides is 1. The van der Waals surface area contributed by atoms with E-state index in [9.17, 15) is 4.79 Å². The van der Waals surface area contributed by atoms with Gasteiger partial charge in [-0.05, 0) is 30.3 Å². The molecule has 0 aliphatic carbocycles. The van der Waals surface area contributed by atoms with Crippen molar-refractivity contribution in [2.45, 2.75) is 16.8 Å². The molecule has 0 aliphatic rings. The third-order valence-electron chi connectivity index (χ3n) is 2.25. The Hall–Kier alpha value is -2.08. The topological polar surface area (TPSA) is 66.9 Å². The highest BCUT2D eigenvalue weighted by Crippen LogP contribution is 2.27. The molecule has 2 rings (SSSR count). The molecule has 98 valence electrons. The first kappa shape index (κ1) is 13.4. The number of aromatic nitrogens is 2. The maximum atomic E-state index is 10.9. The number of carbonyl (C=O) groups excluding carboxylic acids is 1. The molecule has 6 heteroatoms. The number of benzene rings is 1. The summed E-state index contributed by atoms with van der Waals surface area (Å²) < 4.78 is 0. The van der Waals surface area contributed by atoms with Crippen molar-refractivity contribution < 1.29 is 4.79 Å². The molecule has 0 saturated heterocycles. The molecular formula is C13H14N4OS. The Kier molecular flexibility index (Phi) is 4.35. The van der Waals surface area contributed by atoms with Gasteiger partial charge in [0.25, 0.3) is 0 Å². The summed E-state index contributed by atoms with van der Waals surface area (Å²) in [6.45, 7) is 1.49. The number of carbonyl (C=O) groups is 1. The van der Waals surface area contributed by atoms with Crippen LogP contribution in [0.1, 0.15) is 6.92 Å². The van der Waals surface area contributed by atoms with Gasteiger partial charge in [-0.1, -0.05) is 11.8 Å². The van der Waals surface area contributed by atoms with Crippen LogP contribution < -0.4 is 10.6 Å². The van der Waals surface area contributed by atoms with Crippen LogP contribution in [0.4, 0.5) is 11.6 Å². The third kappa shape index (κ3) is 3.96. The van der Waals surface area contributed by atoms with E-state index in [1.54, 1.807) is 25.0 Å². The molecule has 0 aliphatic heterocycles. The van der Waals surface area contributed by atoms with Gasteiger partial charge in [-0.3, -0.25) is 4.79 Å². The molecule has 0 radical (unpaired) electrons. The van der Waals surface area contributed by atoms with Crippen LogP contribution >= 0.6 is 11.8 Å². The fraction of sp³-hybridized carbons (Fsp3) is 0.154. The number of rotatable bonds is 4. The molecule has 1 aromatic carbocycles. The van der Waals surface area contributed by atoms with Crippen molar-refractivity contribution in [3.63, 3.8) is 0 Å². The van der Waals surface area contributed by atoms with Gasteiger partial charge in [-0.2, -0.15) is 0 Å². The summed E-state index contributed by atoms with van der Waals surface area (Å²) in [5.41, 5.74) is 0.787. The Labute approximate surface area is 115 Å². The lowest BCUT2D eigenvalue weighted by Gasteiger charge is -2.05. The summed E-state index contributed by atoms with van der Waals surface area (Å²) in [5.74, 6) is 0.523. The van der Waals surface area contributed by atoms with E-state index in [0.29, 0.717) is 5.95 Å². The van der Waals surface area contributed by atoms with Crippen LogP contribution in [0.2, 0.25) is 0 Å². The molecule has 0 bridgehead atoms. The van der Waals surface area contributed by atoms with Crippen molar-refractivity contribution in [2.24, 2.45) is 0 Å². The van der Waals surface area contributed by atoms with Crippen LogP contribution in [-0.4, -0.2) is 22.9 Å². The van der Waals surface area contributed by atoms with E-state index in [4.69, 9.17) is 0 Å². The number of nitrogens with zero attached hydrogens (tertiary/aromatic N) is 2. The largest absolute Gasteiger partial charge is 0.357 e. The minimum Gasteiger partial charge on any atom is -0.357 e. The lowest BCUT2D eigenvalue weighted by molar-refractivity contribution is -0.114. The van der Waals surface area contributed by atoms with Crippen LogP contribution in [-0.2, 0) is 4.79 Å². The Morgan fingerprint density at radius 2 is 1.95 bits per heavy atom. The zero-order valence-electron chi connectivity index (χ0n) is 10.7. The van der Waals surface area contributed by atoms with Crippen molar-refractivity contribution in [1.82, 2.24) is 9.97 Å². The van der Waals surface area contributed by atoms with E-state index < -0.39 is 0 Å². The van der Waals surface area contributed by atoms with Gasteiger partial charge in [0.1, 0.15) is 5.03 Å². The maximum absolute atomic E-state index is 10.9. The molecule has 1 heterocycles. The van der Waals surface area contributed by atoms with E-state index >= 15 is 0 Å². The molecule has 1 aromatic heterocycles. The molecule has 0 unspecified atom stereocenters. The smallest absolute Gasteiger partial charge is 0.223 e. The van der Waals surface area contributed by atoms with Crippen molar-refractivity contribution in [2.75, 3.05) is 17.7 Å². The minimum absolute atomic E-state index is 0.0742. The summed E-state index contributed by atoms with van der Waals surface area (Å²) in [6, 6.07) is 9.47. The maximum Gasteiger partial charge on any atom is 0.223 e. The molecule has 5 nitrogen and oxygen atoms in total. The quantitative estimate of drug-likeness (QED) is 0.839. The first-order chi connectivity index (χ1) is 9.17. The van der Waals surface area contributed by atoms with E-state index in [1.807, 2.05) is 30.3 Å². The fourth-order valence-electron chi connectivity index (χ4n) is 1.45. The summed E-state index contributed by atoms with van der Waals surface area (Å²) in [5, 5.41) is 6.50. The summed E-state index contributed by atoms with van der Waals surface area (Å²) in [7, 11) is 1.78. The SMILES string of the molecule is CNc1nccc(Sc2ccc(NC(C)=O)cc2)n1. The number of hydrogen-bond donors (Lipinski definition) is 2. The Morgan fingerprint density at radius 3 is 2.58 bits per heavy atom. The summed E-state index contributed by atoms with van der Waals surface area (Å²) in [6.07, 6.45) is 1.72. The van der Waals surface area contributed by atoms with Gasteiger partial charge in [0.05, 0.1) is 0 Å². The molecular weight excluding hydrogens is 260 g/mol. The number of anilines is 2. The first-order valence-electron chi connectivity index (χ1n) is 5.73. The van der Waals surface area contributed by atoms with Crippen LogP contribution in [0.5, 0.6) is 0 Å². The average Bonchev–Trinajstić information content (AvgIpc) is 2.41. The fourth-order valence-corrected chi connectivity index (χ4v) is 2.22. The molecule has 1 amide bonds. The second-order valence-electron chi connectivity index (χ2n) is 3.78. The second kappa shape index (κ2) is 6.19. The predicted octanol–water partition coefficient (Wildman–Crippen LogP) is 2.63. The zero-order valence-corrected chi connectivity index (χ0v) is 11.5. The Morgan fingerprint density at radius 1 is 1.21 bits per heavy atom. The van der Waals surface area contributed by atoms with Gasteiger partial charge in [0.2, 0.25) is 11.9 Å². The van der Waals surface area contributed by atoms with Gasteiger partial charge >= 0.3 is 0 Å². The van der Waals surface area contributed by atoms with Gasteiger partial charge in [-0.25, -0.2) is 9.97 Å². The molecule has 0 fully saturated rings. The van der Waals surface area contributed by atoms with E-state index in [0.717, 1.165) is 15.6 Å². The summed E-state index contributed by atoms with van der Waals surface area (Å²) >= 11 is 1.54. The minimum atomic E-state index is -0.0742. The van der Waals surface area contributed by atoms with Crippen LogP contribution in [0.15, 0.2) is 46.5 Å². The predicted molar refractivity (Wildman–Crippen MR) is 76.4 cm³/mol. The number of nitrogens with one attached hydrogen (secondary N) is 2. The molecule has 0 saturated carbocycles. The highest BCUT2D eigenvalue weighted by molar-refractivity contribution is 7.99.